The van der Waals surface area contributed by atoms with Gasteiger partial charge in [0.15, 0.2) is 0 Å². The molecule has 2 aromatic rings. The first-order chi connectivity index (χ1) is 8.72. The zero-order valence-corrected chi connectivity index (χ0v) is 14.1. The summed E-state index contributed by atoms with van der Waals surface area (Å²) >= 11 is 9.08. The molecule has 0 radical (unpaired) electrons. The molecule has 96 valence electrons. The largest absolute Gasteiger partial charge is 0.319 e. The van der Waals surface area contributed by atoms with Crippen molar-refractivity contribution in [1.82, 2.24) is 5.32 Å². The van der Waals surface area contributed by atoms with Crippen LogP contribution in [0, 0.1) is 0 Å². The molecule has 0 amide bonds. The first kappa shape index (κ1) is 14.3. The van der Waals surface area contributed by atoms with Crippen molar-refractivity contribution in [2.75, 3.05) is 13.6 Å². The molecule has 4 heteroatoms. The standard InChI is InChI=1S/C14H15Br2NS/c1-17-9-10(8-14-13(16)6-7-18-14)11-4-2-3-5-12(11)15/h2-7,10,17H,8-9H2,1H3. The number of nitrogens with one attached hydrogen (secondary N) is 1. The Morgan fingerprint density at radius 2 is 1.94 bits per heavy atom. The van der Waals surface area contributed by atoms with Crippen molar-refractivity contribution in [3.63, 3.8) is 0 Å². The van der Waals surface area contributed by atoms with Crippen LogP contribution >= 0.6 is 43.2 Å². The molecular formula is C14H15Br2NS. The first-order valence-corrected chi connectivity index (χ1v) is 8.30. The minimum atomic E-state index is 0.487. The average molecular weight is 389 g/mol. The molecule has 0 aliphatic heterocycles. The Labute approximate surface area is 129 Å². The summed E-state index contributed by atoms with van der Waals surface area (Å²) in [5.41, 5.74) is 1.37. The second kappa shape index (κ2) is 6.85. The van der Waals surface area contributed by atoms with Crippen LogP contribution in [0.5, 0.6) is 0 Å². The number of benzene rings is 1. The molecule has 1 aromatic carbocycles. The van der Waals surface area contributed by atoms with Crippen LogP contribution in [0.25, 0.3) is 0 Å². The van der Waals surface area contributed by atoms with Crippen LogP contribution in [0.1, 0.15) is 16.4 Å². The Morgan fingerprint density at radius 1 is 1.17 bits per heavy atom. The molecule has 0 spiro atoms. The maximum Gasteiger partial charge on any atom is 0.0314 e. The van der Waals surface area contributed by atoms with Crippen LogP contribution in [0.3, 0.4) is 0 Å². The molecule has 1 aromatic heterocycles. The van der Waals surface area contributed by atoms with Crippen molar-refractivity contribution < 1.29 is 0 Å². The normalized spacial score (nSPS) is 12.6. The zero-order valence-electron chi connectivity index (χ0n) is 10.1. The molecule has 1 N–H and O–H groups in total. The van der Waals surface area contributed by atoms with E-state index in [9.17, 15) is 0 Å². The highest BCUT2D eigenvalue weighted by Crippen LogP contribution is 2.32. The minimum Gasteiger partial charge on any atom is -0.319 e. The highest BCUT2D eigenvalue weighted by Gasteiger charge is 2.16. The van der Waals surface area contributed by atoms with Crippen LogP contribution < -0.4 is 5.32 Å². The molecule has 18 heavy (non-hydrogen) atoms. The fourth-order valence-corrected chi connectivity index (χ4v) is 4.24. The molecule has 0 bridgehead atoms. The van der Waals surface area contributed by atoms with Crippen molar-refractivity contribution >= 4 is 43.2 Å². The van der Waals surface area contributed by atoms with Crippen LogP contribution in [-0.4, -0.2) is 13.6 Å². The number of likely N-dealkylation sites (N-methyl/N-ethyl adjacent to an activating group) is 1. The van der Waals surface area contributed by atoms with Gasteiger partial charge in [0.05, 0.1) is 0 Å². The predicted molar refractivity (Wildman–Crippen MR) is 86.5 cm³/mol. The van der Waals surface area contributed by atoms with E-state index in [1.54, 1.807) is 0 Å². The van der Waals surface area contributed by atoms with Crippen LogP contribution in [-0.2, 0) is 6.42 Å². The van der Waals surface area contributed by atoms with Gasteiger partial charge < -0.3 is 5.32 Å². The van der Waals surface area contributed by atoms with Gasteiger partial charge in [0.25, 0.3) is 0 Å². The third-order valence-electron chi connectivity index (χ3n) is 2.92. The van der Waals surface area contributed by atoms with E-state index in [1.165, 1.54) is 19.4 Å². The lowest BCUT2D eigenvalue weighted by Crippen LogP contribution is -2.19. The van der Waals surface area contributed by atoms with Crippen molar-refractivity contribution in [3.05, 3.63) is 55.1 Å². The number of hydrogen-bond acceptors (Lipinski definition) is 2. The van der Waals surface area contributed by atoms with Gasteiger partial charge in [-0.25, -0.2) is 0 Å². The molecule has 1 unspecified atom stereocenters. The lowest BCUT2D eigenvalue weighted by Gasteiger charge is -2.18. The third-order valence-corrected chi connectivity index (χ3v) is 5.59. The molecule has 2 rings (SSSR count). The summed E-state index contributed by atoms with van der Waals surface area (Å²) in [7, 11) is 2.01. The van der Waals surface area contributed by atoms with Gasteiger partial charge in [-0.2, -0.15) is 0 Å². The summed E-state index contributed by atoms with van der Waals surface area (Å²) in [5, 5.41) is 5.43. The predicted octanol–water partition coefficient (Wildman–Crippen LogP) is 4.82. The van der Waals surface area contributed by atoms with E-state index < -0.39 is 0 Å². The molecule has 1 atom stereocenters. The fourth-order valence-electron chi connectivity index (χ4n) is 2.04. The molecular weight excluding hydrogens is 374 g/mol. The lowest BCUT2D eigenvalue weighted by atomic mass is 9.95. The fraction of sp³-hybridized carbons (Fsp3) is 0.286. The quantitative estimate of drug-likeness (QED) is 0.774. The molecule has 1 heterocycles. The SMILES string of the molecule is CNCC(Cc1sccc1Br)c1ccccc1Br. The van der Waals surface area contributed by atoms with E-state index in [0.717, 1.165) is 13.0 Å². The van der Waals surface area contributed by atoms with Crippen molar-refractivity contribution in [3.8, 4) is 0 Å². The number of rotatable bonds is 5. The Hall–Kier alpha value is -0.160. The summed E-state index contributed by atoms with van der Waals surface area (Å²) in [6.07, 6.45) is 1.06. The highest BCUT2D eigenvalue weighted by atomic mass is 79.9. The van der Waals surface area contributed by atoms with E-state index in [1.807, 2.05) is 18.4 Å². The Bertz CT molecular complexity index is 510. The number of thiophene rings is 1. The maximum absolute atomic E-state index is 3.65. The van der Waals surface area contributed by atoms with Gasteiger partial charge >= 0.3 is 0 Å². The zero-order chi connectivity index (χ0) is 13.0. The van der Waals surface area contributed by atoms with Gasteiger partial charge in [0, 0.05) is 26.3 Å². The van der Waals surface area contributed by atoms with E-state index >= 15 is 0 Å². The topological polar surface area (TPSA) is 12.0 Å². The van der Waals surface area contributed by atoms with E-state index in [-0.39, 0.29) is 0 Å². The first-order valence-electron chi connectivity index (χ1n) is 5.83. The molecule has 0 saturated carbocycles. The van der Waals surface area contributed by atoms with Gasteiger partial charge in [0.1, 0.15) is 0 Å². The van der Waals surface area contributed by atoms with Gasteiger partial charge in [-0.1, -0.05) is 34.1 Å². The highest BCUT2D eigenvalue weighted by molar-refractivity contribution is 9.10. The van der Waals surface area contributed by atoms with Crippen LogP contribution in [0.4, 0.5) is 0 Å². The van der Waals surface area contributed by atoms with E-state index in [0.29, 0.717) is 5.92 Å². The minimum absolute atomic E-state index is 0.487. The van der Waals surface area contributed by atoms with Gasteiger partial charge in [0.2, 0.25) is 0 Å². The lowest BCUT2D eigenvalue weighted by molar-refractivity contribution is 0.627. The second-order valence-electron chi connectivity index (χ2n) is 4.17. The summed E-state index contributed by atoms with van der Waals surface area (Å²) in [4.78, 5) is 1.41. The maximum atomic E-state index is 3.65. The average Bonchev–Trinajstić information content (AvgIpc) is 2.75. The van der Waals surface area contributed by atoms with Gasteiger partial charge in [-0.15, -0.1) is 11.3 Å². The third kappa shape index (κ3) is 3.44. The van der Waals surface area contributed by atoms with Gasteiger partial charge in [-0.3, -0.25) is 0 Å². The Morgan fingerprint density at radius 3 is 2.56 bits per heavy atom. The number of halogens is 2. The van der Waals surface area contributed by atoms with E-state index in [2.05, 4.69) is 72.9 Å². The Kier molecular flexibility index (Phi) is 5.42. The summed E-state index contributed by atoms with van der Waals surface area (Å²) < 4.78 is 2.42. The summed E-state index contributed by atoms with van der Waals surface area (Å²) in [6.45, 7) is 0.979. The van der Waals surface area contributed by atoms with Crippen molar-refractivity contribution in [1.29, 1.82) is 0 Å². The second-order valence-corrected chi connectivity index (χ2v) is 6.88. The van der Waals surface area contributed by atoms with E-state index in [4.69, 9.17) is 0 Å². The number of hydrogen-bond donors (Lipinski definition) is 1. The van der Waals surface area contributed by atoms with Crippen molar-refractivity contribution in [2.45, 2.75) is 12.3 Å². The molecule has 0 aliphatic carbocycles. The molecule has 0 aliphatic rings. The molecule has 0 saturated heterocycles. The summed E-state index contributed by atoms with van der Waals surface area (Å²) in [5.74, 6) is 0.487. The smallest absolute Gasteiger partial charge is 0.0314 e. The van der Waals surface area contributed by atoms with Crippen LogP contribution in [0.15, 0.2) is 44.7 Å². The molecule has 1 nitrogen and oxygen atoms in total. The Balaban J connectivity index is 2.24. The van der Waals surface area contributed by atoms with Crippen molar-refractivity contribution in [2.24, 2.45) is 0 Å². The monoisotopic (exact) mass is 387 g/mol. The van der Waals surface area contributed by atoms with Crippen LogP contribution in [0.2, 0.25) is 0 Å². The summed E-state index contributed by atoms with van der Waals surface area (Å²) in [6, 6.07) is 10.6. The van der Waals surface area contributed by atoms with Gasteiger partial charge in [-0.05, 0) is 52.5 Å². The molecule has 0 fully saturated rings.